The van der Waals surface area contributed by atoms with Gasteiger partial charge >= 0.3 is 5.97 Å². The van der Waals surface area contributed by atoms with Gasteiger partial charge in [-0.15, -0.1) is 0 Å². The minimum Gasteiger partial charge on any atom is -0.507 e. The molecule has 1 amide bonds. The molecule has 17 heavy (non-hydrogen) atoms. The number of aromatic hydroxyl groups is 1. The van der Waals surface area contributed by atoms with Crippen LogP contribution in [0.4, 0.5) is 0 Å². The van der Waals surface area contributed by atoms with Gasteiger partial charge in [0.05, 0.1) is 5.56 Å². The molecule has 1 unspecified atom stereocenters. The molecule has 0 spiro atoms. The quantitative estimate of drug-likeness (QED) is 0.791. The van der Waals surface area contributed by atoms with Crippen molar-refractivity contribution in [1.82, 2.24) is 5.32 Å². The van der Waals surface area contributed by atoms with Gasteiger partial charge in [0.2, 0.25) is 0 Å². The second-order valence-electron chi connectivity index (χ2n) is 3.43. The molecule has 0 heterocycles. The smallest absolute Gasteiger partial charge is 0.326 e. The molecule has 3 N–H and O–H groups in total. The third-order valence-corrected chi connectivity index (χ3v) is 2.71. The highest BCUT2D eigenvalue weighted by Gasteiger charge is 2.20. The minimum absolute atomic E-state index is 0.0490. The summed E-state index contributed by atoms with van der Waals surface area (Å²) in [7, 11) is 0. The molecule has 5 nitrogen and oxygen atoms in total. The maximum absolute atomic E-state index is 11.7. The summed E-state index contributed by atoms with van der Waals surface area (Å²) in [5, 5.41) is 20.7. The van der Waals surface area contributed by atoms with Crippen LogP contribution in [-0.2, 0) is 4.79 Å². The van der Waals surface area contributed by atoms with Gasteiger partial charge in [0.1, 0.15) is 11.8 Å². The summed E-state index contributed by atoms with van der Waals surface area (Å²) in [5.41, 5.74) is 0.0490. The van der Waals surface area contributed by atoms with E-state index in [-0.39, 0.29) is 17.7 Å². The molecular formula is C11H12BrNO4. The lowest BCUT2D eigenvalue weighted by atomic mass is 10.1. The summed E-state index contributed by atoms with van der Waals surface area (Å²) in [6.07, 6.45) is 0.276. The predicted molar refractivity (Wildman–Crippen MR) is 65.0 cm³/mol. The fourth-order valence-corrected chi connectivity index (χ4v) is 1.62. The number of rotatable bonds is 4. The molecule has 0 aliphatic heterocycles. The molecule has 0 bridgehead atoms. The van der Waals surface area contributed by atoms with Crippen LogP contribution in [0.5, 0.6) is 5.75 Å². The average molecular weight is 302 g/mol. The van der Waals surface area contributed by atoms with Gasteiger partial charge in [-0.2, -0.15) is 0 Å². The Morgan fingerprint density at radius 3 is 2.59 bits per heavy atom. The number of halogens is 1. The van der Waals surface area contributed by atoms with Gasteiger partial charge in [0.25, 0.3) is 5.91 Å². The average Bonchev–Trinajstić information content (AvgIpc) is 2.24. The summed E-state index contributed by atoms with van der Waals surface area (Å²) in [5.74, 6) is -1.90. The Morgan fingerprint density at radius 1 is 1.47 bits per heavy atom. The van der Waals surface area contributed by atoms with E-state index in [0.717, 1.165) is 0 Å². The lowest BCUT2D eigenvalue weighted by Gasteiger charge is -2.12. The number of benzene rings is 1. The standard InChI is InChI=1S/C11H12BrNO4/c1-2-8(11(16)17)13-10(15)7-4-3-6(12)5-9(7)14/h3-5,8,14H,2H2,1H3,(H,13,15)(H,16,17). The Hall–Kier alpha value is -1.56. The Morgan fingerprint density at radius 2 is 2.12 bits per heavy atom. The van der Waals surface area contributed by atoms with Crippen LogP contribution in [0.15, 0.2) is 22.7 Å². The number of phenolic OH excluding ortho intramolecular Hbond substituents is 1. The van der Waals surface area contributed by atoms with Crippen LogP contribution >= 0.6 is 15.9 Å². The number of phenols is 1. The van der Waals surface area contributed by atoms with E-state index < -0.39 is 17.9 Å². The van der Waals surface area contributed by atoms with E-state index in [4.69, 9.17) is 5.11 Å². The summed E-state index contributed by atoms with van der Waals surface area (Å²) in [6, 6.07) is 3.43. The van der Waals surface area contributed by atoms with Crippen LogP contribution < -0.4 is 5.32 Å². The zero-order chi connectivity index (χ0) is 13.0. The second-order valence-corrected chi connectivity index (χ2v) is 4.35. The number of carbonyl (C=O) groups is 2. The first-order valence-corrected chi connectivity index (χ1v) is 5.77. The van der Waals surface area contributed by atoms with Crippen molar-refractivity contribution in [2.24, 2.45) is 0 Å². The van der Waals surface area contributed by atoms with E-state index in [1.165, 1.54) is 12.1 Å². The maximum Gasteiger partial charge on any atom is 0.326 e. The lowest BCUT2D eigenvalue weighted by Crippen LogP contribution is -2.40. The van der Waals surface area contributed by atoms with Crippen molar-refractivity contribution in [2.45, 2.75) is 19.4 Å². The minimum atomic E-state index is -1.10. The Balaban J connectivity index is 2.86. The van der Waals surface area contributed by atoms with E-state index in [2.05, 4.69) is 21.2 Å². The van der Waals surface area contributed by atoms with E-state index in [1.54, 1.807) is 13.0 Å². The molecule has 92 valence electrons. The Bertz CT molecular complexity index is 447. The zero-order valence-corrected chi connectivity index (χ0v) is 10.7. The molecule has 0 aliphatic rings. The van der Waals surface area contributed by atoms with Gasteiger partial charge in [-0.05, 0) is 24.6 Å². The van der Waals surface area contributed by atoms with Crippen molar-refractivity contribution < 1.29 is 19.8 Å². The monoisotopic (exact) mass is 301 g/mol. The molecule has 1 atom stereocenters. The summed E-state index contributed by atoms with van der Waals surface area (Å²) in [6.45, 7) is 1.65. The summed E-state index contributed by atoms with van der Waals surface area (Å²) >= 11 is 3.15. The van der Waals surface area contributed by atoms with E-state index in [0.29, 0.717) is 4.47 Å². The number of hydrogen-bond donors (Lipinski definition) is 3. The number of carboxylic acid groups (broad SMARTS) is 1. The topological polar surface area (TPSA) is 86.6 Å². The molecule has 0 fully saturated rings. The van der Waals surface area contributed by atoms with Crippen LogP contribution in [0.1, 0.15) is 23.7 Å². The highest BCUT2D eigenvalue weighted by atomic mass is 79.9. The van der Waals surface area contributed by atoms with E-state index >= 15 is 0 Å². The normalized spacial score (nSPS) is 11.9. The summed E-state index contributed by atoms with van der Waals surface area (Å²) < 4.78 is 0.636. The van der Waals surface area contributed by atoms with Crippen LogP contribution in [0.2, 0.25) is 0 Å². The van der Waals surface area contributed by atoms with Gasteiger partial charge in [-0.3, -0.25) is 4.79 Å². The number of aliphatic carboxylic acids is 1. The molecule has 0 saturated carbocycles. The zero-order valence-electron chi connectivity index (χ0n) is 9.11. The maximum atomic E-state index is 11.7. The fourth-order valence-electron chi connectivity index (χ4n) is 1.27. The molecule has 0 radical (unpaired) electrons. The first-order valence-electron chi connectivity index (χ1n) is 4.98. The summed E-state index contributed by atoms with van der Waals surface area (Å²) in [4.78, 5) is 22.5. The van der Waals surface area contributed by atoms with Gasteiger partial charge in [0.15, 0.2) is 0 Å². The van der Waals surface area contributed by atoms with Gasteiger partial charge in [-0.1, -0.05) is 22.9 Å². The molecule has 0 saturated heterocycles. The molecule has 6 heteroatoms. The van der Waals surface area contributed by atoms with Crippen molar-refractivity contribution in [2.75, 3.05) is 0 Å². The van der Waals surface area contributed by atoms with Gasteiger partial charge < -0.3 is 15.5 Å². The van der Waals surface area contributed by atoms with Crippen LogP contribution in [0.3, 0.4) is 0 Å². The first-order chi connectivity index (χ1) is 7.95. The SMILES string of the molecule is CCC(NC(=O)c1ccc(Br)cc1O)C(=O)O. The fraction of sp³-hybridized carbons (Fsp3) is 0.273. The first kappa shape index (κ1) is 13.5. The molecule has 1 aromatic rings. The highest BCUT2D eigenvalue weighted by Crippen LogP contribution is 2.22. The third-order valence-electron chi connectivity index (χ3n) is 2.22. The lowest BCUT2D eigenvalue weighted by molar-refractivity contribution is -0.139. The number of hydrogen-bond acceptors (Lipinski definition) is 3. The van der Waals surface area contributed by atoms with E-state index in [1.807, 2.05) is 0 Å². The highest BCUT2D eigenvalue weighted by molar-refractivity contribution is 9.10. The van der Waals surface area contributed by atoms with Gasteiger partial charge in [0, 0.05) is 4.47 Å². The van der Waals surface area contributed by atoms with Gasteiger partial charge in [-0.25, -0.2) is 4.79 Å². The van der Waals surface area contributed by atoms with Crippen LogP contribution in [0.25, 0.3) is 0 Å². The van der Waals surface area contributed by atoms with Crippen molar-refractivity contribution >= 4 is 27.8 Å². The molecule has 0 aliphatic carbocycles. The number of carboxylic acids is 1. The van der Waals surface area contributed by atoms with Crippen molar-refractivity contribution in [3.05, 3.63) is 28.2 Å². The molecule has 1 rings (SSSR count). The number of nitrogens with one attached hydrogen (secondary N) is 1. The number of carbonyl (C=O) groups excluding carboxylic acids is 1. The molecular weight excluding hydrogens is 290 g/mol. The van der Waals surface area contributed by atoms with Crippen molar-refractivity contribution in [1.29, 1.82) is 0 Å². The largest absolute Gasteiger partial charge is 0.507 e. The molecule has 1 aromatic carbocycles. The second kappa shape index (κ2) is 5.67. The van der Waals surface area contributed by atoms with Crippen molar-refractivity contribution in [3.63, 3.8) is 0 Å². The molecule has 0 aromatic heterocycles. The third kappa shape index (κ3) is 3.45. The van der Waals surface area contributed by atoms with Crippen LogP contribution in [0, 0.1) is 0 Å². The van der Waals surface area contributed by atoms with Crippen LogP contribution in [-0.4, -0.2) is 28.1 Å². The number of amides is 1. The Kier molecular flexibility index (Phi) is 4.51. The van der Waals surface area contributed by atoms with Crippen molar-refractivity contribution in [3.8, 4) is 5.75 Å². The predicted octanol–water partition coefficient (Wildman–Crippen LogP) is 1.75. The Labute approximate surface area is 107 Å². The van der Waals surface area contributed by atoms with E-state index in [9.17, 15) is 14.7 Å².